The fourth-order valence-corrected chi connectivity index (χ4v) is 2.96. The van der Waals surface area contributed by atoms with Crippen LogP contribution < -0.4 is 9.47 Å². The summed E-state index contributed by atoms with van der Waals surface area (Å²) < 4.78 is 33.4. The maximum Gasteiger partial charge on any atom is 0.191 e. The van der Waals surface area contributed by atoms with Crippen molar-refractivity contribution in [3.8, 4) is 11.5 Å². The van der Waals surface area contributed by atoms with Gasteiger partial charge in [0.2, 0.25) is 0 Å². The van der Waals surface area contributed by atoms with E-state index in [2.05, 4.69) is 0 Å². The first-order chi connectivity index (χ1) is 7.05. The number of rotatable bonds is 4. The second-order valence-electron chi connectivity index (χ2n) is 2.74. The third kappa shape index (κ3) is 2.75. The average Bonchev–Trinajstić information content (AvgIpc) is 2.28. The van der Waals surface area contributed by atoms with Crippen molar-refractivity contribution in [1.29, 1.82) is 0 Å². The third-order valence-electron chi connectivity index (χ3n) is 1.85. The first-order valence-corrected chi connectivity index (χ1v) is 7.23. The zero-order chi connectivity index (χ0) is 11.5. The van der Waals surface area contributed by atoms with Crippen LogP contribution in [0.15, 0.2) is 23.1 Å². The van der Waals surface area contributed by atoms with Crippen molar-refractivity contribution in [3.05, 3.63) is 18.2 Å². The van der Waals surface area contributed by atoms with Crippen LogP contribution >= 0.6 is 22.6 Å². The van der Waals surface area contributed by atoms with Crippen molar-refractivity contribution in [3.63, 3.8) is 0 Å². The predicted octanol–water partition coefficient (Wildman–Crippen LogP) is 1.87. The fraction of sp³-hybridized carbons (Fsp3) is 0.333. The monoisotopic (exact) mass is 342 g/mol. The highest BCUT2D eigenvalue weighted by molar-refractivity contribution is 14.1. The number of benzene rings is 1. The fourth-order valence-electron chi connectivity index (χ4n) is 1.09. The number of sulfone groups is 1. The molecule has 0 aliphatic rings. The van der Waals surface area contributed by atoms with E-state index in [0.29, 0.717) is 11.5 Å². The van der Waals surface area contributed by atoms with Crippen LogP contribution in [0, 0.1) is 0 Å². The molecule has 1 aromatic carbocycles. The van der Waals surface area contributed by atoms with Gasteiger partial charge < -0.3 is 9.47 Å². The Labute approximate surface area is 103 Å². The minimum atomic E-state index is -3.29. The molecule has 0 heterocycles. The van der Waals surface area contributed by atoms with Crippen molar-refractivity contribution in [1.82, 2.24) is 0 Å². The number of alkyl halides is 1. The van der Waals surface area contributed by atoms with Gasteiger partial charge in [0, 0.05) is 6.07 Å². The zero-order valence-corrected chi connectivity index (χ0v) is 11.3. The molecule has 84 valence electrons. The molecule has 15 heavy (non-hydrogen) atoms. The SMILES string of the molecule is COc1ccc(OC)c(S(=O)(=O)CI)c1. The Morgan fingerprint density at radius 1 is 1.27 bits per heavy atom. The summed E-state index contributed by atoms with van der Waals surface area (Å²) in [6.45, 7) is 0. The molecular weight excluding hydrogens is 331 g/mol. The number of hydrogen-bond donors (Lipinski definition) is 0. The lowest BCUT2D eigenvalue weighted by molar-refractivity contribution is 0.392. The Bertz CT molecular complexity index is 441. The van der Waals surface area contributed by atoms with Gasteiger partial charge in [-0.2, -0.15) is 0 Å². The second-order valence-corrected chi connectivity index (χ2v) is 6.50. The molecular formula is C9H11IO4S. The van der Waals surface area contributed by atoms with Gasteiger partial charge in [-0.25, -0.2) is 8.42 Å². The average molecular weight is 342 g/mol. The van der Waals surface area contributed by atoms with E-state index >= 15 is 0 Å². The lowest BCUT2D eigenvalue weighted by atomic mass is 10.3. The van der Waals surface area contributed by atoms with Gasteiger partial charge >= 0.3 is 0 Å². The van der Waals surface area contributed by atoms with Crippen LogP contribution in [0.1, 0.15) is 0 Å². The maximum absolute atomic E-state index is 11.7. The van der Waals surface area contributed by atoms with Gasteiger partial charge in [0.05, 0.1) is 14.2 Å². The van der Waals surface area contributed by atoms with Gasteiger partial charge in [-0.15, -0.1) is 0 Å². The molecule has 0 fully saturated rings. The first kappa shape index (κ1) is 12.6. The normalized spacial score (nSPS) is 11.1. The summed E-state index contributed by atoms with van der Waals surface area (Å²) in [6.07, 6.45) is 0. The van der Waals surface area contributed by atoms with Crippen LogP contribution in [0.3, 0.4) is 0 Å². The van der Waals surface area contributed by atoms with E-state index in [1.54, 1.807) is 34.7 Å². The summed E-state index contributed by atoms with van der Waals surface area (Å²) in [5.74, 6) is 0.840. The second kappa shape index (κ2) is 5.02. The molecule has 0 aliphatic carbocycles. The molecule has 0 saturated carbocycles. The lowest BCUT2D eigenvalue weighted by Gasteiger charge is -2.09. The third-order valence-corrected chi connectivity index (χ3v) is 5.59. The van der Waals surface area contributed by atoms with Crippen LogP contribution in [0.4, 0.5) is 0 Å². The smallest absolute Gasteiger partial charge is 0.191 e. The minimum Gasteiger partial charge on any atom is -0.497 e. The molecule has 0 spiro atoms. The molecule has 0 radical (unpaired) electrons. The van der Waals surface area contributed by atoms with E-state index in [1.807, 2.05) is 0 Å². The van der Waals surface area contributed by atoms with Gasteiger partial charge in [0.1, 0.15) is 20.2 Å². The number of hydrogen-bond acceptors (Lipinski definition) is 4. The highest BCUT2D eigenvalue weighted by Gasteiger charge is 2.18. The standard InChI is InChI=1S/C9H11IO4S/c1-13-7-3-4-8(14-2)9(5-7)15(11,12)6-10/h3-5H,6H2,1-2H3. The Balaban J connectivity index is 3.36. The minimum absolute atomic E-state index is 0.00822. The Morgan fingerprint density at radius 3 is 2.40 bits per heavy atom. The number of halogens is 1. The van der Waals surface area contributed by atoms with Crippen molar-refractivity contribution in [2.24, 2.45) is 0 Å². The van der Waals surface area contributed by atoms with E-state index in [9.17, 15) is 8.42 Å². The molecule has 1 aromatic rings. The Kier molecular flexibility index (Phi) is 4.21. The van der Waals surface area contributed by atoms with Gasteiger partial charge in [-0.1, -0.05) is 22.6 Å². The summed E-state index contributed by atoms with van der Waals surface area (Å²) >= 11 is 1.81. The van der Waals surface area contributed by atoms with E-state index in [4.69, 9.17) is 9.47 Å². The van der Waals surface area contributed by atoms with Crippen molar-refractivity contribution >= 4 is 32.4 Å². The molecule has 6 heteroatoms. The van der Waals surface area contributed by atoms with Crippen LogP contribution in [-0.2, 0) is 9.84 Å². The van der Waals surface area contributed by atoms with E-state index in [1.165, 1.54) is 20.3 Å². The molecule has 1 rings (SSSR count). The quantitative estimate of drug-likeness (QED) is 0.619. The molecule has 0 unspecified atom stereocenters. The largest absolute Gasteiger partial charge is 0.497 e. The van der Waals surface area contributed by atoms with Gasteiger partial charge in [-0.05, 0) is 12.1 Å². The maximum atomic E-state index is 11.7. The van der Waals surface area contributed by atoms with Crippen molar-refractivity contribution in [2.45, 2.75) is 4.90 Å². The number of methoxy groups -OCH3 is 2. The molecule has 0 aliphatic heterocycles. The molecule has 0 atom stereocenters. The molecule has 0 amide bonds. The highest BCUT2D eigenvalue weighted by Crippen LogP contribution is 2.29. The molecule has 0 aromatic heterocycles. The Hall–Kier alpha value is -0.500. The molecule has 0 saturated heterocycles. The lowest BCUT2D eigenvalue weighted by Crippen LogP contribution is -2.04. The summed E-state index contributed by atoms with van der Waals surface area (Å²) in [7, 11) is -0.365. The van der Waals surface area contributed by atoms with E-state index in [0.717, 1.165) is 0 Å². The highest BCUT2D eigenvalue weighted by atomic mass is 127. The van der Waals surface area contributed by atoms with Crippen molar-refractivity contribution < 1.29 is 17.9 Å². The first-order valence-electron chi connectivity index (χ1n) is 4.06. The Morgan fingerprint density at radius 2 is 1.93 bits per heavy atom. The molecule has 0 bridgehead atoms. The van der Waals surface area contributed by atoms with Crippen LogP contribution in [0.2, 0.25) is 0 Å². The zero-order valence-electron chi connectivity index (χ0n) is 8.36. The topological polar surface area (TPSA) is 52.6 Å². The van der Waals surface area contributed by atoms with Crippen LogP contribution in [0.5, 0.6) is 11.5 Å². The van der Waals surface area contributed by atoms with E-state index in [-0.39, 0.29) is 8.66 Å². The summed E-state index contributed by atoms with van der Waals surface area (Å²) in [4.78, 5) is 0.166. The molecule has 4 nitrogen and oxygen atoms in total. The predicted molar refractivity (Wildman–Crippen MR) is 65.6 cm³/mol. The summed E-state index contributed by atoms with van der Waals surface area (Å²) in [5, 5.41) is 0. The van der Waals surface area contributed by atoms with Crippen LogP contribution in [0.25, 0.3) is 0 Å². The number of ether oxygens (including phenoxy) is 2. The van der Waals surface area contributed by atoms with Gasteiger partial charge in [-0.3, -0.25) is 0 Å². The summed E-state index contributed by atoms with van der Waals surface area (Å²) in [5.41, 5.74) is 0. The molecule has 0 N–H and O–H groups in total. The van der Waals surface area contributed by atoms with Crippen LogP contribution in [-0.4, -0.2) is 26.4 Å². The van der Waals surface area contributed by atoms with Crippen molar-refractivity contribution in [2.75, 3.05) is 18.0 Å². The summed E-state index contributed by atoms with van der Waals surface area (Å²) in [6, 6.07) is 4.70. The van der Waals surface area contributed by atoms with Gasteiger partial charge in [0.15, 0.2) is 9.84 Å². The van der Waals surface area contributed by atoms with E-state index < -0.39 is 9.84 Å². The van der Waals surface area contributed by atoms with Gasteiger partial charge in [0.25, 0.3) is 0 Å².